The minimum Gasteiger partial charge on any atom is -0.331 e. The third-order valence-corrected chi connectivity index (χ3v) is 4.24. The van der Waals surface area contributed by atoms with Crippen molar-refractivity contribution in [2.75, 3.05) is 0 Å². The van der Waals surface area contributed by atoms with Crippen molar-refractivity contribution in [3.8, 4) is 0 Å². The summed E-state index contributed by atoms with van der Waals surface area (Å²) < 4.78 is 2.08. The van der Waals surface area contributed by atoms with Gasteiger partial charge in [-0.2, -0.15) is 0 Å². The predicted octanol–water partition coefficient (Wildman–Crippen LogP) is 4.30. The molecule has 5 nitrogen and oxygen atoms in total. The smallest absolute Gasteiger partial charge is 0.274 e. The number of imidazole rings is 1. The van der Waals surface area contributed by atoms with E-state index >= 15 is 0 Å². The summed E-state index contributed by atoms with van der Waals surface area (Å²) in [5.41, 5.74) is 3.93. The Balaban J connectivity index is 1.82. The molecule has 0 fully saturated rings. The Morgan fingerprint density at radius 1 is 1.13 bits per heavy atom. The first-order chi connectivity index (χ1) is 11.3. The van der Waals surface area contributed by atoms with Crippen LogP contribution in [0.2, 0.25) is 0 Å². The second-order valence-corrected chi connectivity index (χ2v) is 6.06. The Hall–Kier alpha value is -1.88. The second-order valence-electron chi connectivity index (χ2n) is 6.06. The zero-order valence-electron chi connectivity index (χ0n) is 13.9. The lowest BCUT2D eigenvalue weighted by molar-refractivity contribution is 0.0706. The largest absolute Gasteiger partial charge is 0.331 e. The Kier molecular flexibility index (Phi) is 7.07. The third kappa shape index (κ3) is 5.06. The van der Waals surface area contributed by atoms with Gasteiger partial charge < -0.3 is 4.57 Å². The van der Waals surface area contributed by atoms with Gasteiger partial charge in [0.05, 0.1) is 17.4 Å². The Labute approximate surface area is 137 Å². The van der Waals surface area contributed by atoms with Crippen LogP contribution < -0.4 is 5.48 Å². The number of fused-ring (bicyclic) bond motifs is 1. The maximum Gasteiger partial charge on any atom is 0.274 e. The van der Waals surface area contributed by atoms with Crippen LogP contribution >= 0.6 is 0 Å². The number of benzene rings is 1. The van der Waals surface area contributed by atoms with E-state index in [1.807, 2.05) is 12.4 Å². The summed E-state index contributed by atoms with van der Waals surface area (Å²) in [6.45, 7) is 3.15. The van der Waals surface area contributed by atoms with Crippen LogP contribution in [0.5, 0.6) is 0 Å². The van der Waals surface area contributed by atoms with Gasteiger partial charge in [-0.15, -0.1) is 0 Å². The van der Waals surface area contributed by atoms with Crippen LogP contribution in [0.15, 0.2) is 24.5 Å². The van der Waals surface area contributed by atoms with Crippen molar-refractivity contribution in [3.05, 3.63) is 30.1 Å². The summed E-state index contributed by atoms with van der Waals surface area (Å²) in [7, 11) is 0. The zero-order valence-corrected chi connectivity index (χ0v) is 13.9. The van der Waals surface area contributed by atoms with E-state index in [9.17, 15) is 4.79 Å². The van der Waals surface area contributed by atoms with Crippen LogP contribution in [0.4, 0.5) is 0 Å². The average molecular weight is 317 g/mol. The van der Waals surface area contributed by atoms with Crippen molar-refractivity contribution in [2.24, 2.45) is 0 Å². The van der Waals surface area contributed by atoms with Gasteiger partial charge in [-0.05, 0) is 24.6 Å². The summed E-state index contributed by atoms with van der Waals surface area (Å²) in [4.78, 5) is 15.9. The highest BCUT2D eigenvalue weighted by atomic mass is 16.5. The van der Waals surface area contributed by atoms with E-state index in [4.69, 9.17) is 5.21 Å². The van der Waals surface area contributed by atoms with Gasteiger partial charge in [0.1, 0.15) is 0 Å². The highest BCUT2D eigenvalue weighted by Gasteiger charge is 2.08. The molecule has 0 unspecified atom stereocenters. The van der Waals surface area contributed by atoms with Gasteiger partial charge in [0, 0.05) is 12.1 Å². The van der Waals surface area contributed by atoms with Crippen LogP contribution in [0, 0.1) is 0 Å². The number of hydroxylamine groups is 1. The molecule has 23 heavy (non-hydrogen) atoms. The fraction of sp³-hybridized carbons (Fsp3) is 0.556. The van der Waals surface area contributed by atoms with E-state index in [1.165, 1.54) is 44.9 Å². The van der Waals surface area contributed by atoms with Crippen LogP contribution in [0.3, 0.4) is 0 Å². The molecular weight excluding hydrogens is 290 g/mol. The van der Waals surface area contributed by atoms with Crippen LogP contribution in [-0.2, 0) is 6.54 Å². The number of aromatic nitrogens is 2. The fourth-order valence-electron chi connectivity index (χ4n) is 2.86. The van der Waals surface area contributed by atoms with E-state index in [1.54, 1.807) is 17.6 Å². The van der Waals surface area contributed by atoms with Gasteiger partial charge in [0.25, 0.3) is 5.91 Å². The molecule has 0 spiro atoms. The number of hydrogen-bond acceptors (Lipinski definition) is 3. The molecule has 1 aromatic heterocycles. The molecule has 126 valence electrons. The molecule has 2 N–H and O–H groups in total. The van der Waals surface area contributed by atoms with E-state index in [0.29, 0.717) is 5.56 Å². The van der Waals surface area contributed by atoms with Gasteiger partial charge in [0.15, 0.2) is 0 Å². The Morgan fingerprint density at radius 2 is 1.83 bits per heavy atom. The molecule has 5 heteroatoms. The number of carbonyl (C=O) groups is 1. The van der Waals surface area contributed by atoms with E-state index < -0.39 is 5.91 Å². The van der Waals surface area contributed by atoms with E-state index in [0.717, 1.165) is 24.0 Å². The molecule has 2 rings (SSSR count). The number of unbranched alkanes of at least 4 members (excludes halogenated alkanes) is 7. The first-order valence-corrected chi connectivity index (χ1v) is 8.65. The highest BCUT2D eigenvalue weighted by molar-refractivity contribution is 5.96. The summed E-state index contributed by atoms with van der Waals surface area (Å²) in [6, 6.07) is 5.25. The van der Waals surface area contributed by atoms with Crippen molar-refractivity contribution in [1.29, 1.82) is 0 Å². The minimum atomic E-state index is -0.494. The highest BCUT2D eigenvalue weighted by Crippen LogP contribution is 2.16. The molecule has 0 bridgehead atoms. The van der Waals surface area contributed by atoms with Crippen molar-refractivity contribution in [2.45, 2.75) is 64.8 Å². The topological polar surface area (TPSA) is 67.2 Å². The van der Waals surface area contributed by atoms with Crippen molar-refractivity contribution in [3.63, 3.8) is 0 Å². The van der Waals surface area contributed by atoms with Crippen molar-refractivity contribution >= 4 is 16.9 Å². The molecule has 0 saturated carbocycles. The maximum atomic E-state index is 11.5. The molecule has 0 radical (unpaired) electrons. The number of amides is 1. The lowest BCUT2D eigenvalue weighted by atomic mass is 10.1. The van der Waals surface area contributed by atoms with Crippen LogP contribution in [0.25, 0.3) is 11.0 Å². The van der Waals surface area contributed by atoms with Crippen LogP contribution in [-0.4, -0.2) is 20.7 Å². The summed E-state index contributed by atoms with van der Waals surface area (Å²) in [5.74, 6) is -0.494. The number of nitrogens with zero attached hydrogens (tertiary/aromatic N) is 2. The molecule has 0 aliphatic carbocycles. The molecule has 0 saturated heterocycles. The van der Waals surface area contributed by atoms with Gasteiger partial charge in [0.2, 0.25) is 0 Å². The molecule has 1 aromatic carbocycles. The summed E-state index contributed by atoms with van der Waals surface area (Å²) in [5, 5.41) is 8.74. The third-order valence-electron chi connectivity index (χ3n) is 4.24. The SMILES string of the molecule is CCCCCCCCCCn1cnc2ccc(C(=O)NO)cc21. The minimum absolute atomic E-state index is 0.442. The van der Waals surface area contributed by atoms with Crippen LogP contribution in [0.1, 0.15) is 68.6 Å². The standard InChI is InChI=1S/C18H27N3O2/c1-2-3-4-5-6-7-8-9-12-21-14-19-16-11-10-15(13-17(16)21)18(22)20-23/h10-11,13-14,23H,2-9,12H2,1H3,(H,20,22). The number of hydrogen-bond donors (Lipinski definition) is 2. The number of nitrogens with one attached hydrogen (secondary N) is 1. The van der Waals surface area contributed by atoms with Gasteiger partial charge in [-0.25, -0.2) is 10.5 Å². The van der Waals surface area contributed by atoms with E-state index in [-0.39, 0.29) is 0 Å². The summed E-state index contributed by atoms with van der Waals surface area (Å²) >= 11 is 0. The first kappa shape index (κ1) is 17.5. The second kappa shape index (κ2) is 9.30. The number of aryl methyl sites for hydroxylation is 1. The molecule has 0 aliphatic rings. The average Bonchev–Trinajstić information content (AvgIpc) is 2.99. The maximum absolute atomic E-state index is 11.5. The van der Waals surface area contributed by atoms with Gasteiger partial charge in [-0.1, -0.05) is 51.9 Å². The molecule has 0 atom stereocenters. The summed E-state index contributed by atoms with van der Waals surface area (Å²) in [6.07, 6.45) is 12.1. The molecular formula is C18H27N3O2. The zero-order chi connectivity index (χ0) is 16.5. The normalized spacial score (nSPS) is 11.0. The molecule has 0 aliphatic heterocycles. The van der Waals surface area contributed by atoms with Crippen molar-refractivity contribution in [1.82, 2.24) is 15.0 Å². The van der Waals surface area contributed by atoms with Crippen molar-refractivity contribution < 1.29 is 10.0 Å². The fourth-order valence-corrected chi connectivity index (χ4v) is 2.86. The van der Waals surface area contributed by atoms with E-state index in [2.05, 4.69) is 16.5 Å². The van der Waals surface area contributed by atoms with Gasteiger partial charge in [-0.3, -0.25) is 10.0 Å². The Morgan fingerprint density at radius 3 is 2.52 bits per heavy atom. The lowest BCUT2D eigenvalue weighted by Gasteiger charge is -2.06. The predicted molar refractivity (Wildman–Crippen MR) is 91.6 cm³/mol. The number of rotatable bonds is 10. The first-order valence-electron chi connectivity index (χ1n) is 8.65. The monoisotopic (exact) mass is 317 g/mol. The number of carbonyl (C=O) groups excluding carboxylic acids is 1. The lowest BCUT2D eigenvalue weighted by Crippen LogP contribution is -2.18. The molecule has 2 aromatic rings. The molecule has 1 heterocycles. The quantitative estimate of drug-likeness (QED) is 0.390. The molecule has 1 amide bonds. The Bertz CT molecular complexity index is 622. The van der Waals surface area contributed by atoms with Gasteiger partial charge >= 0.3 is 0 Å².